The number of hydrogen-bond donors (Lipinski definition) is 1. The third-order valence-electron chi connectivity index (χ3n) is 4.07. The highest BCUT2D eigenvalue weighted by Gasteiger charge is 2.21. The molecule has 0 aliphatic carbocycles. The Labute approximate surface area is 179 Å². The van der Waals surface area contributed by atoms with Gasteiger partial charge < -0.3 is 24.8 Å². The second-order valence-corrected chi connectivity index (χ2v) is 6.44. The fourth-order valence-corrected chi connectivity index (χ4v) is 2.79. The number of esters is 1. The third-order valence-corrected chi connectivity index (χ3v) is 4.40. The van der Waals surface area contributed by atoms with Crippen molar-refractivity contribution in [3.63, 3.8) is 0 Å². The molecule has 0 heterocycles. The predicted molar refractivity (Wildman–Crippen MR) is 113 cm³/mol. The molecule has 2 aromatic rings. The van der Waals surface area contributed by atoms with E-state index < -0.39 is 18.5 Å². The van der Waals surface area contributed by atoms with Gasteiger partial charge in [-0.05, 0) is 37.3 Å². The highest BCUT2D eigenvalue weighted by molar-refractivity contribution is 6.33. The summed E-state index contributed by atoms with van der Waals surface area (Å²) in [6, 6.07) is 11.6. The van der Waals surface area contributed by atoms with E-state index in [1.54, 1.807) is 24.3 Å². The van der Waals surface area contributed by atoms with Gasteiger partial charge in [-0.1, -0.05) is 11.6 Å². The van der Waals surface area contributed by atoms with Crippen LogP contribution in [0.5, 0.6) is 11.5 Å². The average Bonchev–Trinajstić information content (AvgIpc) is 2.75. The molecular weight excluding hydrogens is 410 g/mol. The second kappa shape index (κ2) is 10.9. The number of nitrogens with two attached hydrogens (primary N) is 1. The first-order chi connectivity index (χ1) is 14.4. The van der Waals surface area contributed by atoms with Gasteiger partial charge >= 0.3 is 5.97 Å². The Hall–Kier alpha value is -3.44. The number of nitrogens with zero attached hydrogens (tertiary/aromatic N) is 2. The molecule has 0 fully saturated rings. The van der Waals surface area contributed by atoms with Crippen LogP contribution in [0.4, 0.5) is 11.4 Å². The number of rotatable bonds is 9. The van der Waals surface area contributed by atoms with Crippen LogP contribution in [0.1, 0.15) is 23.7 Å². The molecule has 2 aromatic carbocycles. The number of methoxy groups -OCH3 is 1. The van der Waals surface area contributed by atoms with Crippen LogP contribution in [0.25, 0.3) is 0 Å². The summed E-state index contributed by atoms with van der Waals surface area (Å²) in [7, 11) is 1.38. The molecule has 2 N–H and O–H groups in total. The van der Waals surface area contributed by atoms with Gasteiger partial charge in [0, 0.05) is 18.3 Å². The second-order valence-electron chi connectivity index (χ2n) is 6.03. The molecule has 158 valence electrons. The van der Waals surface area contributed by atoms with E-state index in [9.17, 15) is 9.59 Å². The molecule has 0 aliphatic rings. The van der Waals surface area contributed by atoms with Gasteiger partial charge in [-0.3, -0.25) is 4.79 Å². The van der Waals surface area contributed by atoms with Crippen LogP contribution < -0.4 is 20.1 Å². The SMILES string of the molecule is CCOc1ccc(N(CCC#N)C(=O)COC(=O)c2cc(Cl)c(N)cc2OC)cc1. The molecule has 0 saturated carbocycles. The van der Waals surface area contributed by atoms with Crippen LogP contribution in [0, 0.1) is 11.3 Å². The Kier molecular flexibility index (Phi) is 8.32. The first-order valence-electron chi connectivity index (χ1n) is 9.11. The summed E-state index contributed by atoms with van der Waals surface area (Å²) in [6.45, 7) is 2.01. The van der Waals surface area contributed by atoms with Gasteiger partial charge in [0.15, 0.2) is 6.61 Å². The number of halogens is 1. The summed E-state index contributed by atoms with van der Waals surface area (Å²) < 4.78 is 15.7. The molecule has 1 amide bonds. The van der Waals surface area contributed by atoms with Gasteiger partial charge in [0.25, 0.3) is 5.91 Å². The lowest BCUT2D eigenvalue weighted by Crippen LogP contribution is -2.35. The fraction of sp³-hybridized carbons (Fsp3) is 0.286. The molecule has 0 atom stereocenters. The van der Waals surface area contributed by atoms with Gasteiger partial charge in [0.2, 0.25) is 0 Å². The lowest BCUT2D eigenvalue weighted by molar-refractivity contribution is -0.121. The van der Waals surface area contributed by atoms with E-state index in [2.05, 4.69) is 0 Å². The molecule has 9 heteroatoms. The van der Waals surface area contributed by atoms with Crippen LogP contribution in [0.3, 0.4) is 0 Å². The summed E-state index contributed by atoms with van der Waals surface area (Å²) in [5.41, 5.74) is 6.57. The van der Waals surface area contributed by atoms with Crippen molar-refractivity contribution in [1.82, 2.24) is 0 Å². The molecule has 0 aromatic heterocycles. The Morgan fingerprint density at radius 3 is 2.53 bits per heavy atom. The monoisotopic (exact) mass is 431 g/mol. The topological polar surface area (TPSA) is 115 Å². The van der Waals surface area contributed by atoms with Crippen molar-refractivity contribution in [1.29, 1.82) is 5.26 Å². The van der Waals surface area contributed by atoms with Crippen LogP contribution in [0.15, 0.2) is 36.4 Å². The molecule has 0 saturated heterocycles. The minimum Gasteiger partial charge on any atom is -0.496 e. The highest BCUT2D eigenvalue weighted by Crippen LogP contribution is 2.29. The molecule has 8 nitrogen and oxygen atoms in total. The number of nitriles is 1. The summed E-state index contributed by atoms with van der Waals surface area (Å²) in [5, 5.41) is 9.07. The lowest BCUT2D eigenvalue weighted by Gasteiger charge is -2.22. The van der Waals surface area contributed by atoms with Gasteiger partial charge in [0.1, 0.15) is 17.1 Å². The maximum absolute atomic E-state index is 12.7. The summed E-state index contributed by atoms with van der Waals surface area (Å²) in [5.74, 6) is -0.424. The van der Waals surface area contributed by atoms with Gasteiger partial charge in [-0.15, -0.1) is 0 Å². The van der Waals surface area contributed by atoms with Crippen molar-refractivity contribution in [2.75, 3.05) is 37.5 Å². The van der Waals surface area contributed by atoms with E-state index in [0.717, 1.165) is 0 Å². The smallest absolute Gasteiger partial charge is 0.342 e. The number of ether oxygens (including phenoxy) is 3. The number of hydrogen-bond acceptors (Lipinski definition) is 7. The summed E-state index contributed by atoms with van der Waals surface area (Å²) in [6.07, 6.45) is 0.119. The minimum absolute atomic E-state index is 0.0501. The lowest BCUT2D eigenvalue weighted by atomic mass is 10.2. The summed E-state index contributed by atoms with van der Waals surface area (Å²) >= 11 is 5.97. The molecule has 0 aliphatic heterocycles. The van der Waals surface area contributed by atoms with Gasteiger partial charge in [-0.2, -0.15) is 5.26 Å². The van der Waals surface area contributed by atoms with Crippen LogP contribution >= 0.6 is 11.6 Å². The largest absolute Gasteiger partial charge is 0.496 e. The first-order valence-corrected chi connectivity index (χ1v) is 9.49. The number of carbonyl (C=O) groups is 2. The zero-order valence-corrected chi connectivity index (χ0v) is 17.4. The zero-order chi connectivity index (χ0) is 22.1. The van der Waals surface area contributed by atoms with Gasteiger partial charge in [0.05, 0.1) is 36.9 Å². The van der Waals surface area contributed by atoms with E-state index in [1.165, 1.54) is 24.1 Å². The highest BCUT2D eigenvalue weighted by atomic mass is 35.5. The van der Waals surface area contributed by atoms with Crippen LogP contribution in [-0.4, -0.2) is 38.7 Å². The fourth-order valence-electron chi connectivity index (χ4n) is 2.63. The van der Waals surface area contributed by atoms with E-state index in [1.807, 2.05) is 13.0 Å². The first kappa shape index (κ1) is 22.8. The molecule has 0 bridgehead atoms. The Bertz CT molecular complexity index is 941. The number of amides is 1. The van der Waals surface area contributed by atoms with Crippen molar-refractivity contribution in [3.8, 4) is 17.6 Å². The van der Waals surface area contributed by atoms with Crippen LogP contribution in [0.2, 0.25) is 5.02 Å². The number of carbonyl (C=O) groups excluding carboxylic acids is 2. The molecule has 2 rings (SSSR count). The average molecular weight is 432 g/mol. The zero-order valence-electron chi connectivity index (χ0n) is 16.7. The van der Waals surface area contributed by atoms with E-state index in [-0.39, 0.29) is 35.0 Å². The number of nitrogen functional groups attached to an aromatic ring is 1. The molecule has 30 heavy (non-hydrogen) atoms. The maximum Gasteiger partial charge on any atom is 0.342 e. The van der Waals surface area contributed by atoms with E-state index >= 15 is 0 Å². The van der Waals surface area contributed by atoms with Crippen molar-refractivity contribution in [2.24, 2.45) is 0 Å². The van der Waals surface area contributed by atoms with E-state index in [0.29, 0.717) is 18.0 Å². The Balaban J connectivity index is 2.13. The summed E-state index contributed by atoms with van der Waals surface area (Å²) in [4.78, 5) is 26.5. The Morgan fingerprint density at radius 2 is 1.93 bits per heavy atom. The van der Waals surface area contributed by atoms with Crippen molar-refractivity contribution in [2.45, 2.75) is 13.3 Å². The molecule has 0 radical (unpaired) electrons. The number of anilines is 2. The van der Waals surface area contributed by atoms with Crippen molar-refractivity contribution < 1.29 is 23.8 Å². The minimum atomic E-state index is -0.783. The van der Waals surface area contributed by atoms with Gasteiger partial charge in [-0.25, -0.2) is 4.79 Å². The molecular formula is C21H22ClN3O5. The maximum atomic E-state index is 12.7. The number of benzene rings is 2. The van der Waals surface area contributed by atoms with Crippen molar-refractivity contribution >= 4 is 34.9 Å². The quantitative estimate of drug-likeness (QED) is 0.477. The standard InChI is InChI=1S/C21H22ClN3O5/c1-3-29-15-7-5-14(6-8-15)25(10-4-9-23)20(26)13-30-21(27)16-11-17(22)18(24)12-19(16)28-2/h5-8,11-12H,3-4,10,13,24H2,1-2H3. The predicted octanol–water partition coefficient (Wildman–Crippen LogP) is 3.43. The third kappa shape index (κ3) is 5.78. The molecule has 0 unspecified atom stereocenters. The van der Waals surface area contributed by atoms with Crippen molar-refractivity contribution in [3.05, 3.63) is 47.0 Å². The molecule has 0 spiro atoms. The normalized spacial score (nSPS) is 10.1. The van der Waals surface area contributed by atoms with Crippen LogP contribution in [-0.2, 0) is 9.53 Å². The van der Waals surface area contributed by atoms with E-state index in [4.69, 9.17) is 36.8 Å². The Morgan fingerprint density at radius 1 is 1.23 bits per heavy atom.